The highest BCUT2D eigenvalue weighted by atomic mass is 32.1. The van der Waals surface area contributed by atoms with Crippen LogP contribution in [0.3, 0.4) is 0 Å². The van der Waals surface area contributed by atoms with Crippen molar-refractivity contribution in [1.29, 1.82) is 0 Å². The maximum atomic E-state index is 4.66. The molecule has 1 unspecified atom stereocenters. The highest BCUT2D eigenvalue weighted by molar-refractivity contribution is 7.22. The lowest BCUT2D eigenvalue weighted by molar-refractivity contribution is 0.449. The van der Waals surface area contributed by atoms with Crippen LogP contribution in [0.25, 0.3) is 42.9 Å². The SMILES string of the molecule is CCCCC(CC)Cc1ccc(N(c2ccc(-c3ccc(C)c4nsnc34)s2)c2ccc(-c3ccc(C)c4nsnc34)s2)cc1. The van der Waals surface area contributed by atoms with Crippen molar-refractivity contribution in [3.05, 3.63) is 89.5 Å². The number of hydrogen-bond acceptors (Lipinski definition) is 9. The molecular weight excluding hydrogens is 631 g/mol. The molecule has 45 heavy (non-hydrogen) atoms. The number of hydrogen-bond donors (Lipinski definition) is 0. The van der Waals surface area contributed by atoms with E-state index in [0.29, 0.717) is 0 Å². The molecule has 228 valence electrons. The molecule has 9 heteroatoms. The molecule has 0 saturated heterocycles. The van der Waals surface area contributed by atoms with Gasteiger partial charge >= 0.3 is 0 Å². The van der Waals surface area contributed by atoms with Gasteiger partial charge in [-0.25, -0.2) is 0 Å². The molecule has 0 bridgehead atoms. The first kappa shape index (κ1) is 30.2. The van der Waals surface area contributed by atoms with Gasteiger partial charge in [0.05, 0.1) is 23.5 Å². The number of aryl methyl sites for hydroxylation is 2. The summed E-state index contributed by atoms with van der Waals surface area (Å²) in [6.45, 7) is 8.81. The number of fused-ring (bicyclic) bond motifs is 2. The van der Waals surface area contributed by atoms with Gasteiger partial charge in [0.2, 0.25) is 0 Å². The van der Waals surface area contributed by atoms with E-state index in [2.05, 4.69) is 123 Å². The van der Waals surface area contributed by atoms with Gasteiger partial charge in [-0.05, 0) is 79.3 Å². The highest BCUT2D eigenvalue weighted by Crippen LogP contribution is 2.47. The lowest BCUT2D eigenvalue weighted by Gasteiger charge is -2.22. The summed E-state index contributed by atoms with van der Waals surface area (Å²) in [6, 6.07) is 26.9. The van der Waals surface area contributed by atoms with Crippen LogP contribution >= 0.6 is 46.1 Å². The maximum Gasteiger partial charge on any atom is 0.113 e. The average molecular weight is 666 g/mol. The zero-order valence-electron chi connectivity index (χ0n) is 25.9. The zero-order valence-corrected chi connectivity index (χ0v) is 29.2. The molecule has 5 nitrogen and oxygen atoms in total. The Morgan fingerprint density at radius 1 is 0.622 bits per heavy atom. The van der Waals surface area contributed by atoms with E-state index in [1.165, 1.54) is 74.5 Å². The van der Waals surface area contributed by atoms with Gasteiger partial charge in [0.15, 0.2) is 0 Å². The van der Waals surface area contributed by atoms with Crippen molar-refractivity contribution < 1.29 is 0 Å². The van der Waals surface area contributed by atoms with Gasteiger partial charge in [0.25, 0.3) is 0 Å². The standard InChI is InChI=1S/C36H35N5S4/c1-5-7-8-24(6-2)21-25-11-13-26(14-12-25)41(31-19-17-29(42-31)27-15-9-22(3)33-35(27)39-44-37-33)32-20-18-30(43-32)28-16-10-23(4)34-36(28)40-45-38-34/h9-20,24H,5-8,21H2,1-4H3. The Balaban J connectivity index is 1.28. The third-order valence-electron chi connectivity index (χ3n) is 8.65. The van der Waals surface area contributed by atoms with Gasteiger partial charge in [0.1, 0.15) is 32.1 Å². The van der Waals surface area contributed by atoms with Crippen LogP contribution in [-0.4, -0.2) is 17.5 Å². The normalized spacial score (nSPS) is 12.4. The number of nitrogens with zero attached hydrogens (tertiary/aromatic N) is 5. The van der Waals surface area contributed by atoms with E-state index >= 15 is 0 Å². The molecule has 7 rings (SSSR count). The summed E-state index contributed by atoms with van der Waals surface area (Å²) < 4.78 is 18.5. The van der Waals surface area contributed by atoms with Crippen LogP contribution in [0, 0.1) is 19.8 Å². The van der Waals surface area contributed by atoms with Crippen molar-refractivity contribution >= 4 is 83.9 Å². The molecule has 3 aromatic carbocycles. The predicted molar refractivity (Wildman–Crippen MR) is 196 cm³/mol. The Bertz CT molecular complexity index is 1950. The third kappa shape index (κ3) is 5.94. The minimum atomic E-state index is 0.740. The Morgan fingerprint density at radius 3 is 1.67 bits per heavy atom. The molecule has 0 amide bonds. The molecule has 0 radical (unpaired) electrons. The van der Waals surface area contributed by atoms with Gasteiger partial charge in [-0.3, -0.25) is 4.90 Å². The van der Waals surface area contributed by atoms with Crippen molar-refractivity contribution in [1.82, 2.24) is 17.5 Å². The minimum absolute atomic E-state index is 0.740. The maximum absolute atomic E-state index is 4.66. The fourth-order valence-corrected chi connectivity index (χ4v) is 9.42. The minimum Gasteiger partial charge on any atom is -0.293 e. The number of anilines is 3. The van der Waals surface area contributed by atoms with E-state index in [-0.39, 0.29) is 0 Å². The topological polar surface area (TPSA) is 54.8 Å². The summed E-state index contributed by atoms with van der Waals surface area (Å²) in [5.41, 5.74) is 11.1. The molecule has 7 aromatic rings. The largest absolute Gasteiger partial charge is 0.293 e. The lowest BCUT2D eigenvalue weighted by atomic mass is 9.92. The fraction of sp³-hybridized carbons (Fsp3) is 0.278. The Kier molecular flexibility index (Phi) is 8.77. The second-order valence-electron chi connectivity index (χ2n) is 11.7. The van der Waals surface area contributed by atoms with E-state index < -0.39 is 0 Å². The molecule has 0 aliphatic carbocycles. The van der Waals surface area contributed by atoms with Gasteiger partial charge in [-0.2, -0.15) is 17.5 Å². The lowest BCUT2D eigenvalue weighted by Crippen LogP contribution is -2.07. The van der Waals surface area contributed by atoms with Crippen molar-refractivity contribution in [3.63, 3.8) is 0 Å². The molecule has 4 heterocycles. The van der Waals surface area contributed by atoms with Crippen LogP contribution < -0.4 is 4.90 Å². The average Bonchev–Trinajstić information content (AvgIpc) is 3.88. The molecule has 0 aliphatic heterocycles. The summed E-state index contributed by atoms with van der Waals surface area (Å²) in [5.74, 6) is 0.740. The van der Waals surface area contributed by atoms with Gasteiger partial charge in [-0.15, -0.1) is 22.7 Å². The fourth-order valence-electron chi connectivity index (χ4n) is 5.98. The smallest absolute Gasteiger partial charge is 0.113 e. The second kappa shape index (κ2) is 13.1. The summed E-state index contributed by atoms with van der Waals surface area (Å²) in [4.78, 5) is 4.78. The zero-order chi connectivity index (χ0) is 30.9. The van der Waals surface area contributed by atoms with Crippen molar-refractivity contribution in [2.75, 3.05) is 4.90 Å². The summed E-state index contributed by atoms with van der Waals surface area (Å²) in [6.07, 6.45) is 6.24. The first-order valence-corrected chi connectivity index (χ1v) is 18.7. The van der Waals surface area contributed by atoms with Crippen molar-refractivity contribution in [2.45, 2.75) is 59.8 Å². The number of unbranched alkanes of at least 4 members (excludes halogenated alkanes) is 1. The number of rotatable bonds is 11. The van der Waals surface area contributed by atoms with Gasteiger partial charge < -0.3 is 0 Å². The number of aromatic nitrogens is 4. The quantitative estimate of drug-likeness (QED) is 0.138. The van der Waals surface area contributed by atoms with Crippen LogP contribution in [-0.2, 0) is 6.42 Å². The van der Waals surface area contributed by atoms with Crippen LogP contribution in [0.2, 0.25) is 0 Å². The number of benzene rings is 3. The van der Waals surface area contributed by atoms with Crippen molar-refractivity contribution in [2.24, 2.45) is 5.92 Å². The predicted octanol–water partition coefficient (Wildman–Crippen LogP) is 12.0. The molecular formula is C36H35N5S4. The van der Waals surface area contributed by atoms with Crippen LogP contribution in [0.15, 0.2) is 72.8 Å². The van der Waals surface area contributed by atoms with E-state index in [1.807, 2.05) is 0 Å². The third-order valence-corrected chi connectivity index (χ3v) is 11.9. The van der Waals surface area contributed by atoms with E-state index in [1.54, 1.807) is 22.7 Å². The monoisotopic (exact) mass is 665 g/mol. The van der Waals surface area contributed by atoms with E-state index in [9.17, 15) is 0 Å². The molecule has 1 atom stereocenters. The van der Waals surface area contributed by atoms with Gasteiger partial charge in [-0.1, -0.05) is 75.9 Å². The van der Waals surface area contributed by atoms with E-state index in [0.717, 1.165) is 62.3 Å². The summed E-state index contributed by atoms with van der Waals surface area (Å²) in [5, 5.41) is 2.34. The first-order chi connectivity index (χ1) is 22.0. The van der Waals surface area contributed by atoms with Crippen LogP contribution in [0.4, 0.5) is 15.7 Å². The van der Waals surface area contributed by atoms with Crippen LogP contribution in [0.5, 0.6) is 0 Å². The Labute approximate surface area is 280 Å². The second-order valence-corrected chi connectivity index (χ2v) is 14.9. The van der Waals surface area contributed by atoms with Crippen LogP contribution in [0.1, 0.15) is 56.2 Å². The Morgan fingerprint density at radius 2 is 1.16 bits per heavy atom. The summed E-state index contributed by atoms with van der Waals surface area (Å²) >= 11 is 6.16. The molecule has 0 aliphatic rings. The number of thiophene rings is 2. The Hall–Kier alpha value is -3.50. The molecule has 0 N–H and O–H groups in total. The molecule has 4 aromatic heterocycles. The summed E-state index contributed by atoms with van der Waals surface area (Å²) in [7, 11) is 0. The highest BCUT2D eigenvalue weighted by Gasteiger charge is 2.21. The first-order valence-electron chi connectivity index (χ1n) is 15.6. The molecule has 0 spiro atoms. The van der Waals surface area contributed by atoms with Crippen molar-refractivity contribution in [3.8, 4) is 20.9 Å². The van der Waals surface area contributed by atoms with Gasteiger partial charge in [0, 0.05) is 26.6 Å². The molecule has 0 fully saturated rings. The molecule has 0 saturated carbocycles. The van der Waals surface area contributed by atoms with E-state index in [4.69, 9.17) is 0 Å².